The van der Waals surface area contributed by atoms with Crippen LogP contribution in [-0.2, 0) is 14.6 Å². The molecular formula is C15H19FN2O3S. The third-order valence-electron chi connectivity index (χ3n) is 3.40. The average molecular weight is 326 g/mol. The van der Waals surface area contributed by atoms with Gasteiger partial charge in [0, 0.05) is 25.0 Å². The van der Waals surface area contributed by atoms with Crippen molar-refractivity contribution in [2.75, 3.05) is 18.2 Å². The van der Waals surface area contributed by atoms with Crippen molar-refractivity contribution < 1.29 is 17.5 Å². The largest absolute Gasteiger partial charge is 0.374 e. The second kappa shape index (κ2) is 6.58. The van der Waals surface area contributed by atoms with Gasteiger partial charge < -0.3 is 10.1 Å². The molecule has 1 aliphatic heterocycles. The Bertz CT molecular complexity index is 713. The molecule has 1 N–H and O–H groups in total. The first kappa shape index (κ1) is 16.6. The number of nitrogens with zero attached hydrogens (tertiary/aromatic N) is 1. The number of benzene rings is 1. The lowest BCUT2D eigenvalue weighted by molar-refractivity contribution is 0.0763. The molecule has 2 rings (SSSR count). The summed E-state index contributed by atoms with van der Waals surface area (Å²) >= 11 is 0. The van der Waals surface area contributed by atoms with E-state index in [0.717, 1.165) is 12.3 Å². The van der Waals surface area contributed by atoms with Gasteiger partial charge in [-0.3, -0.25) is 0 Å². The first-order valence-electron chi connectivity index (χ1n) is 6.95. The molecule has 0 fully saturated rings. The van der Waals surface area contributed by atoms with Crippen LogP contribution >= 0.6 is 0 Å². The molecule has 2 atom stereocenters. The first-order chi connectivity index (χ1) is 10.3. The molecule has 0 saturated carbocycles. The number of anilines is 1. The monoisotopic (exact) mass is 326 g/mol. The minimum atomic E-state index is -3.43. The number of aliphatic imine (C=N–C) groups is 1. The molecule has 0 radical (unpaired) electrons. The van der Waals surface area contributed by atoms with Gasteiger partial charge in [0.2, 0.25) is 0 Å². The quantitative estimate of drug-likeness (QED) is 0.923. The van der Waals surface area contributed by atoms with Crippen LogP contribution < -0.4 is 5.32 Å². The van der Waals surface area contributed by atoms with Crippen LogP contribution in [0.25, 0.3) is 0 Å². The summed E-state index contributed by atoms with van der Waals surface area (Å²) in [4.78, 5) is 4.16. The Morgan fingerprint density at radius 1 is 1.41 bits per heavy atom. The second-order valence-electron chi connectivity index (χ2n) is 5.10. The third-order valence-corrected chi connectivity index (χ3v) is 4.51. The highest BCUT2D eigenvalue weighted by Gasteiger charge is 2.24. The van der Waals surface area contributed by atoms with E-state index < -0.39 is 15.7 Å². The fourth-order valence-electron chi connectivity index (χ4n) is 2.15. The molecule has 0 amide bonds. The summed E-state index contributed by atoms with van der Waals surface area (Å²) in [6.45, 7) is 4.41. The van der Waals surface area contributed by atoms with E-state index in [2.05, 4.69) is 10.3 Å². The molecule has 1 aliphatic rings. The molecule has 0 saturated heterocycles. The summed E-state index contributed by atoms with van der Waals surface area (Å²) < 4.78 is 42.5. The van der Waals surface area contributed by atoms with Crippen molar-refractivity contribution >= 4 is 21.4 Å². The van der Waals surface area contributed by atoms with Gasteiger partial charge in [0.15, 0.2) is 9.84 Å². The summed E-state index contributed by atoms with van der Waals surface area (Å²) in [6.07, 6.45) is 4.39. The zero-order valence-electron chi connectivity index (χ0n) is 12.7. The van der Waals surface area contributed by atoms with Gasteiger partial charge in [-0.1, -0.05) is 6.92 Å². The predicted molar refractivity (Wildman–Crippen MR) is 84.3 cm³/mol. The Morgan fingerprint density at radius 3 is 2.73 bits per heavy atom. The van der Waals surface area contributed by atoms with Crippen LogP contribution in [0.2, 0.25) is 0 Å². The Labute approximate surface area is 129 Å². The van der Waals surface area contributed by atoms with Crippen molar-refractivity contribution in [2.24, 2.45) is 10.9 Å². The number of amidine groups is 1. The van der Waals surface area contributed by atoms with Crippen LogP contribution in [0.5, 0.6) is 0 Å². The van der Waals surface area contributed by atoms with E-state index >= 15 is 0 Å². The van der Waals surface area contributed by atoms with Gasteiger partial charge in [0.1, 0.15) is 11.7 Å². The number of sulfone groups is 1. The molecule has 0 aromatic heterocycles. The molecule has 1 aromatic rings. The van der Waals surface area contributed by atoms with Gasteiger partial charge in [-0.15, -0.1) is 0 Å². The highest BCUT2D eigenvalue weighted by atomic mass is 32.2. The molecule has 1 aromatic carbocycles. The van der Waals surface area contributed by atoms with Gasteiger partial charge in [-0.25, -0.2) is 17.8 Å². The zero-order valence-corrected chi connectivity index (χ0v) is 13.5. The molecule has 0 aliphatic carbocycles. The third kappa shape index (κ3) is 3.72. The first-order valence-corrected chi connectivity index (χ1v) is 8.84. The summed E-state index contributed by atoms with van der Waals surface area (Å²) in [6, 6.07) is 3.77. The minimum absolute atomic E-state index is 0.0544. The van der Waals surface area contributed by atoms with Gasteiger partial charge in [0.05, 0.1) is 16.7 Å². The van der Waals surface area contributed by atoms with Crippen molar-refractivity contribution in [2.45, 2.75) is 24.8 Å². The molecule has 1 heterocycles. The number of hydrogen-bond donors (Lipinski definition) is 1. The van der Waals surface area contributed by atoms with E-state index in [0.29, 0.717) is 12.4 Å². The molecule has 0 bridgehead atoms. The van der Waals surface area contributed by atoms with Crippen molar-refractivity contribution in [3.63, 3.8) is 0 Å². The van der Waals surface area contributed by atoms with Crippen LogP contribution in [0.1, 0.15) is 13.8 Å². The van der Waals surface area contributed by atoms with Gasteiger partial charge in [-0.2, -0.15) is 0 Å². The minimum Gasteiger partial charge on any atom is -0.374 e. The molecule has 22 heavy (non-hydrogen) atoms. The topological polar surface area (TPSA) is 67.8 Å². The molecule has 2 unspecified atom stereocenters. The number of nitrogens with one attached hydrogen (secondary N) is 1. The zero-order chi connectivity index (χ0) is 16.3. The Kier molecular flexibility index (Phi) is 4.97. The van der Waals surface area contributed by atoms with Crippen LogP contribution in [0.15, 0.2) is 40.4 Å². The van der Waals surface area contributed by atoms with Crippen LogP contribution in [0.3, 0.4) is 0 Å². The fourth-order valence-corrected chi connectivity index (χ4v) is 2.79. The lowest BCUT2D eigenvalue weighted by Gasteiger charge is -2.25. The van der Waals surface area contributed by atoms with E-state index in [1.54, 1.807) is 6.20 Å². The average Bonchev–Trinajstić information content (AvgIpc) is 2.44. The molecule has 0 spiro atoms. The maximum atomic E-state index is 14.1. The molecule has 5 nitrogen and oxygen atoms in total. The number of ether oxygens (including phenoxy) is 1. The van der Waals surface area contributed by atoms with Crippen molar-refractivity contribution in [3.05, 3.63) is 36.3 Å². The van der Waals surface area contributed by atoms with Crippen molar-refractivity contribution in [1.82, 2.24) is 0 Å². The molecule has 7 heteroatoms. The summed E-state index contributed by atoms with van der Waals surface area (Å²) in [5.74, 6) is -0.119. The van der Waals surface area contributed by atoms with E-state index in [9.17, 15) is 12.8 Å². The Morgan fingerprint density at radius 2 is 2.14 bits per heavy atom. The highest BCUT2D eigenvalue weighted by Crippen LogP contribution is 2.22. The fraction of sp³-hybridized carbons (Fsp3) is 0.400. The van der Waals surface area contributed by atoms with Gasteiger partial charge in [0.25, 0.3) is 0 Å². The maximum absolute atomic E-state index is 14.1. The van der Waals surface area contributed by atoms with E-state index in [1.165, 1.54) is 12.1 Å². The lowest BCUT2D eigenvalue weighted by atomic mass is 10.0. The van der Waals surface area contributed by atoms with Crippen LogP contribution in [-0.4, -0.2) is 33.2 Å². The Balaban J connectivity index is 2.21. The predicted octanol–water partition coefficient (Wildman–Crippen LogP) is 2.61. The highest BCUT2D eigenvalue weighted by molar-refractivity contribution is 7.90. The van der Waals surface area contributed by atoms with E-state index in [1.807, 2.05) is 19.9 Å². The van der Waals surface area contributed by atoms with Gasteiger partial charge >= 0.3 is 0 Å². The number of rotatable bonds is 4. The van der Waals surface area contributed by atoms with Crippen molar-refractivity contribution in [1.29, 1.82) is 0 Å². The lowest BCUT2D eigenvalue weighted by Crippen LogP contribution is -2.33. The number of halogens is 1. The molecular weight excluding hydrogens is 307 g/mol. The van der Waals surface area contributed by atoms with E-state index in [-0.39, 0.29) is 22.6 Å². The van der Waals surface area contributed by atoms with Crippen LogP contribution in [0, 0.1) is 11.7 Å². The summed E-state index contributed by atoms with van der Waals surface area (Å²) in [7, 11) is -3.43. The SMILES string of the molecule is CCOC1C=CN=C(Nc2ccc(S(C)(=O)=O)cc2F)C1C. The summed E-state index contributed by atoms with van der Waals surface area (Å²) in [5, 5.41) is 2.91. The molecule has 120 valence electrons. The maximum Gasteiger partial charge on any atom is 0.175 e. The van der Waals surface area contributed by atoms with E-state index in [4.69, 9.17) is 4.74 Å². The van der Waals surface area contributed by atoms with Gasteiger partial charge in [-0.05, 0) is 31.2 Å². The number of hydrogen-bond acceptors (Lipinski definition) is 5. The van der Waals surface area contributed by atoms with Crippen molar-refractivity contribution in [3.8, 4) is 0 Å². The van der Waals surface area contributed by atoms with Crippen LogP contribution in [0.4, 0.5) is 10.1 Å². The second-order valence-corrected chi connectivity index (χ2v) is 7.12. The smallest absolute Gasteiger partial charge is 0.175 e. The summed E-state index contributed by atoms with van der Waals surface area (Å²) in [5.41, 5.74) is 0.184. The Hall–Kier alpha value is -1.73. The standard InChI is InChI=1S/C15H19FN2O3S/c1-4-21-14-7-8-17-15(10(14)2)18-13-6-5-11(9-12(13)16)22(3,19)20/h5-10,14H,4H2,1-3H3,(H,17,18). The normalized spacial score (nSPS) is 21.5.